The van der Waals surface area contributed by atoms with E-state index in [1.54, 1.807) is 19.1 Å². The number of nitrogen functional groups attached to an aromatic ring is 1. The Morgan fingerprint density at radius 3 is 2.74 bits per heavy atom. The first-order valence-corrected chi connectivity index (χ1v) is 5.70. The van der Waals surface area contributed by atoms with Crippen molar-refractivity contribution in [3.63, 3.8) is 0 Å². The summed E-state index contributed by atoms with van der Waals surface area (Å²) in [5, 5.41) is 0. The molecule has 0 saturated heterocycles. The predicted molar refractivity (Wildman–Crippen MR) is 70.3 cm³/mol. The number of carbonyl (C=O) groups excluding carboxylic acids is 2. The molecule has 2 N–H and O–H groups in total. The Kier molecular flexibility index (Phi) is 5.42. The molecule has 0 atom stereocenters. The van der Waals surface area contributed by atoms with E-state index in [0.29, 0.717) is 23.4 Å². The molecule has 100 valence electrons. The first-order chi connectivity index (χ1) is 9.08. The summed E-state index contributed by atoms with van der Waals surface area (Å²) in [7, 11) is 1.30. The van der Waals surface area contributed by atoms with Crippen LogP contribution in [0, 0.1) is 11.8 Å². The zero-order valence-corrected chi connectivity index (χ0v) is 10.9. The summed E-state index contributed by atoms with van der Waals surface area (Å²) in [5.74, 6) is 4.54. The van der Waals surface area contributed by atoms with E-state index < -0.39 is 11.9 Å². The second-order valence-corrected chi connectivity index (χ2v) is 3.58. The van der Waals surface area contributed by atoms with Crippen molar-refractivity contribution in [1.29, 1.82) is 0 Å². The number of rotatable bonds is 3. The van der Waals surface area contributed by atoms with Crippen molar-refractivity contribution in [2.24, 2.45) is 0 Å². The molecule has 0 heterocycles. The summed E-state index contributed by atoms with van der Waals surface area (Å²) in [6.45, 7) is 2.05. The van der Waals surface area contributed by atoms with Gasteiger partial charge in [0.2, 0.25) is 0 Å². The molecule has 0 aliphatic carbocycles. The van der Waals surface area contributed by atoms with Crippen LogP contribution in [-0.4, -0.2) is 25.7 Å². The molecule has 5 nitrogen and oxygen atoms in total. The third kappa shape index (κ3) is 4.36. The van der Waals surface area contributed by atoms with Crippen LogP contribution in [0.4, 0.5) is 5.69 Å². The Labute approximate surface area is 111 Å². The van der Waals surface area contributed by atoms with E-state index in [4.69, 9.17) is 10.5 Å². The largest absolute Gasteiger partial charge is 0.465 e. The van der Waals surface area contributed by atoms with E-state index in [0.717, 1.165) is 0 Å². The summed E-state index contributed by atoms with van der Waals surface area (Å²) in [6.07, 6.45) is -0.0181. The highest BCUT2D eigenvalue weighted by Gasteiger charge is 2.07. The monoisotopic (exact) mass is 261 g/mol. The van der Waals surface area contributed by atoms with Gasteiger partial charge in [0, 0.05) is 11.3 Å². The normalized spacial score (nSPS) is 9.16. The number of methoxy groups -OCH3 is 1. The lowest BCUT2D eigenvalue weighted by molar-refractivity contribution is -0.141. The van der Waals surface area contributed by atoms with E-state index in [2.05, 4.69) is 16.6 Å². The number of hydrogen-bond acceptors (Lipinski definition) is 5. The van der Waals surface area contributed by atoms with Gasteiger partial charge in [0.25, 0.3) is 0 Å². The molecule has 0 aliphatic rings. The minimum absolute atomic E-state index is 0.0181. The maximum absolute atomic E-state index is 11.4. The number of anilines is 1. The molecular weight excluding hydrogens is 246 g/mol. The zero-order valence-electron chi connectivity index (χ0n) is 10.9. The molecule has 0 bridgehead atoms. The van der Waals surface area contributed by atoms with Crippen molar-refractivity contribution in [2.75, 3.05) is 19.5 Å². The SMILES string of the molecule is CCOC(=O)CC#Cc1cc(C(=O)OC)ccc1N. The van der Waals surface area contributed by atoms with Crippen LogP contribution in [0.5, 0.6) is 0 Å². The van der Waals surface area contributed by atoms with Crippen molar-refractivity contribution in [1.82, 2.24) is 0 Å². The lowest BCUT2D eigenvalue weighted by Gasteiger charge is -2.02. The van der Waals surface area contributed by atoms with E-state index in [-0.39, 0.29) is 6.42 Å². The first kappa shape index (κ1) is 14.6. The third-order valence-corrected chi connectivity index (χ3v) is 2.24. The van der Waals surface area contributed by atoms with Crippen LogP contribution >= 0.6 is 0 Å². The van der Waals surface area contributed by atoms with Gasteiger partial charge in [-0.15, -0.1) is 0 Å². The molecule has 0 amide bonds. The number of hydrogen-bond donors (Lipinski definition) is 1. The Balaban J connectivity index is 2.86. The van der Waals surface area contributed by atoms with E-state index >= 15 is 0 Å². The van der Waals surface area contributed by atoms with Gasteiger partial charge in [-0.3, -0.25) is 4.79 Å². The summed E-state index contributed by atoms with van der Waals surface area (Å²) >= 11 is 0. The summed E-state index contributed by atoms with van der Waals surface area (Å²) in [6, 6.07) is 4.65. The molecule has 0 unspecified atom stereocenters. The van der Waals surface area contributed by atoms with Gasteiger partial charge in [-0.1, -0.05) is 11.8 Å². The maximum atomic E-state index is 11.4. The van der Waals surface area contributed by atoms with E-state index in [1.807, 2.05) is 0 Å². The van der Waals surface area contributed by atoms with Crippen LogP contribution in [0.15, 0.2) is 18.2 Å². The molecule has 5 heteroatoms. The number of benzene rings is 1. The van der Waals surface area contributed by atoms with Crippen molar-refractivity contribution in [2.45, 2.75) is 13.3 Å². The number of carbonyl (C=O) groups is 2. The van der Waals surface area contributed by atoms with Gasteiger partial charge in [0.1, 0.15) is 6.42 Å². The molecule has 0 spiro atoms. The van der Waals surface area contributed by atoms with Crippen LogP contribution in [0.25, 0.3) is 0 Å². The molecule has 0 radical (unpaired) electrons. The second kappa shape index (κ2) is 7.07. The zero-order chi connectivity index (χ0) is 14.3. The van der Waals surface area contributed by atoms with Crippen molar-refractivity contribution >= 4 is 17.6 Å². The average Bonchev–Trinajstić information content (AvgIpc) is 2.40. The second-order valence-electron chi connectivity index (χ2n) is 3.58. The highest BCUT2D eigenvalue weighted by molar-refractivity contribution is 5.90. The fourth-order valence-corrected chi connectivity index (χ4v) is 1.33. The Hall–Kier alpha value is -2.48. The number of esters is 2. The summed E-state index contributed by atoms with van der Waals surface area (Å²) < 4.78 is 9.35. The fourth-order valence-electron chi connectivity index (χ4n) is 1.33. The molecule has 0 aromatic heterocycles. The van der Waals surface area contributed by atoms with Crippen molar-refractivity contribution < 1.29 is 19.1 Å². The van der Waals surface area contributed by atoms with Gasteiger partial charge < -0.3 is 15.2 Å². The third-order valence-electron chi connectivity index (χ3n) is 2.24. The van der Waals surface area contributed by atoms with Crippen LogP contribution < -0.4 is 5.73 Å². The summed E-state index contributed by atoms with van der Waals surface area (Å²) in [4.78, 5) is 22.5. The van der Waals surface area contributed by atoms with Gasteiger partial charge in [-0.2, -0.15) is 0 Å². The van der Waals surface area contributed by atoms with Crippen LogP contribution in [0.1, 0.15) is 29.3 Å². The molecule has 1 rings (SSSR count). The Morgan fingerprint density at radius 2 is 2.11 bits per heavy atom. The average molecular weight is 261 g/mol. The minimum atomic E-state index is -0.464. The first-order valence-electron chi connectivity index (χ1n) is 5.70. The van der Waals surface area contributed by atoms with E-state index in [9.17, 15) is 9.59 Å². The smallest absolute Gasteiger partial charge is 0.337 e. The highest BCUT2D eigenvalue weighted by Crippen LogP contribution is 2.13. The summed E-state index contributed by atoms with van der Waals surface area (Å²) in [5.41, 5.74) is 7.01. The molecule has 19 heavy (non-hydrogen) atoms. The van der Waals surface area contributed by atoms with Gasteiger partial charge in [0.15, 0.2) is 0 Å². The highest BCUT2D eigenvalue weighted by atomic mass is 16.5. The van der Waals surface area contributed by atoms with Crippen molar-refractivity contribution in [3.05, 3.63) is 29.3 Å². The Bertz CT molecular complexity index is 540. The number of ether oxygens (including phenoxy) is 2. The van der Waals surface area contributed by atoms with E-state index in [1.165, 1.54) is 13.2 Å². The van der Waals surface area contributed by atoms with Crippen molar-refractivity contribution in [3.8, 4) is 11.8 Å². The van der Waals surface area contributed by atoms with Crippen LogP contribution in [0.2, 0.25) is 0 Å². The Morgan fingerprint density at radius 1 is 1.37 bits per heavy atom. The fraction of sp³-hybridized carbons (Fsp3) is 0.286. The van der Waals surface area contributed by atoms with Gasteiger partial charge in [0.05, 0.1) is 19.3 Å². The van der Waals surface area contributed by atoms with Gasteiger partial charge in [-0.25, -0.2) is 4.79 Å². The van der Waals surface area contributed by atoms with Crippen LogP contribution in [0.3, 0.4) is 0 Å². The quantitative estimate of drug-likeness (QED) is 0.505. The molecular formula is C14H15NO4. The molecule has 1 aromatic carbocycles. The lowest BCUT2D eigenvalue weighted by Crippen LogP contribution is -2.03. The maximum Gasteiger partial charge on any atom is 0.337 e. The van der Waals surface area contributed by atoms with Gasteiger partial charge in [-0.05, 0) is 25.1 Å². The van der Waals surface area contributed by atoms with Gasteiger partial charge >= 0.3 is 11.9 Å². The molecule has 1 aromatic rings. The standard InChI is InChI=1S/C14H15NO4/c1-3-19-13(16)6-4-5-10-9-11(14(17)18-2)7-8-12(10)15/h7-9H,3,6,15H2,1-2H3. The molecule has 0 fully saturated rings. The molecule has 0 saturated carbocycles. The molecule has 0 aliphatic heterocycles. The minimum Gasteiger partial charge on any atom is -0.465 e. The lowest BCUT2D eigenvalue weighted by atomic mass is 10.1. The predicted octanol–water partition coefficient (Wildman–Crippen LogP) is 1.36. The van der Waals surface area contributed by atoms with Crippen LogP contribution in [-0.2, 0) is 14.3 Å². The topological polar surface area (TPSA) is 78.6 Å². The number of nitrogens with two attached hydrogens (primary N) is 1.